The molecule has 0 aromatic carbocycles. The van der Waals surface area contributed by atoms with Gasteiger partial charge in [-0.15, -0.1) is 0 Å². The predicted molar refractivity (Wildman–Crippen MR) is 157 cm³/mol. The number of hydrogen-bond donors (Lipinski definition) is 3. The predicted octanol–water partition coefficient (Wildman–Crippen LogP) is 5.92. The zero-order valence-corrected chi connectivity index (χ0v) is 24.5. The van der Waals surface area contributed by atoms with Crippen LogP contribution in [0.4, 0.5) is 11.6 Å². The summed E-state index contributed by atoms with van der Waals surface area (Å²) in [6.07, 6.45) is 8.28. The number of carbonyl (C=O) groups excluding carboxylic acids is 2. The second kappa shape index (κ2) is 26.6. The number of likely N-dealkylation sites (N-methyl/N-ethyl adjacent to an activating group) is 1. The number of nitrogens with one attached hydrogen (secondary N) is 3. The van der Waals surface area contributed by atoms with E-state index in [1.807, 2.05) is 73.6 Å². The second-order valence-corrected chi connectivity index (χ2v) is 6.64. The lowest BCUT2D eigenvalue weighted by Gasteiger charge is -2.19. The Bertz CT molecular complexity index is 775. The van der Waals surface area contributed by atoms with Crippen LogP contribution in [0, 0.1) is 0 Å². The number of allylic oxidation sites excluding steroid dienone is 5. The maximum atomic E-state index is 12.5. The van der Waals surface area contributed by atoms with Crippen LogP contribution in [0.25, 0.3) is 5.57 Å². The van der Waals surface area contributed by atoms with Gasteiger partial charge in [-0.05, 0) is 26.4 Å². The number of hydrogen-bond acceptors (Lipinski definition) is 6. The highest BCUT2D eigenvalue weighted by Gasteiger charge is 2.12. The molecule has 0 fully saturated rings. The van der Waals surface area contributed by atoms with Gasteiger partial charge in [-0.2, -0.15) is 0 Å². The first-order valence-corrected chi connectivity index (χ1v) is 13.3. The largest absolute Gasteiger partial charge is 0.368 e. The second-order valence-electron chi connectivity index (χ2n) is 6.64. The highest BCUT2D eigenvalue weighted by atomic mass is 16.2. The molecule has 0 spiro atoms. The minimum absolute atomic E-state index is 0.0936. The van der Waals surface area contributed by atoms with Gasteiger partial charge in [0.15, 0.2) is 5.82 Å². The van der Waals surface area contributed by atoms with Gasteiger partial charge in [-0.1, -0.05) is 86.3 Å². The Labute approximate surface area is 220 Å². The van der Waals surface area contributed by atoms with E-state index in [0.717, 1.165) is 25.1 Å². The molecule has 1 rings (SSSR count). The van der Waals surface area contributed by atoms with Crippen LogP contribution in [0.5, 0.6) is 0 Å². The summed E-state index contributed by atoms with van der Waals surface area (Å²) in [6, 6.07) is 1.68. The molecule has 2 amide bonds. The summed E-state index contributed by atoms with van der Waals surface area (Å²) in [4.78, 5) is 34.6. The SMILES string of the molecule is C=C/C(=C\C=C/C)c1nc(NCCNC(C)=O)cc(NC(=O)CN(CC)CCC)n1.CC.CC.CC. The van der Waals surface area contributed by atoms with Crippen molar-refractivity contribution in [2.75, 3.05) is 43.4 Å². The fourth-order valence-corrected chi connectivity index (χ4v) is 2.64. The molecule has 0 radical (unpaired) electrons. The average molecular weight is 505 g/mol. The normalized spacial score (nSPS) is 10.1. The summed E-state index contributed by atoms with van der Waals surface area (Å²) in [5, 5.41) is 8.75. The summed E-state index contributed by atoms with van der Waals surface area (Å²) in [7, 11) is 0. The fourth-order valence-electron chi connectivity index (χ4n) is 2.64. The van der Waals surface area contributed by atoms with Gasteiger partial charge in [-0.25, -0.2) is 9.97 Å². The molecule has 0 aliphatic carbocycles. The van der Waals surface area contributed by atoms with Crippen LogP contribution in [0.2, 0.25) is 0 Å². The first-order valence-electron chi connectivity index (χ1n) is 13.3. The van der Waals surface area contributed by atoms with Crippen molar-refractivity contribution < 1.29 is 9.59 Å². The molecular formula is C28H52N6O2. The van der Waals surface area contributed by atoms with E-state index in [1.165, 1.54) is 6.92 Å². The number of rotatable bonds is 13. The van der Waals surface area contributed by atoms with Crippen molar-refractivity contribution in [3.05, 3.63) is 42.8 Å². The van der Waals surface area contributed by atoms with Crippen molar-refractivity contribution in [1.82, 2.24) is 20.2 Å². The Morgan fingerprint density at radius 2 is 1.64 bits per heavy atom. The maximum Gasteiger partial charge on any atom is 0.239 e. The fraction of sp³-hybridized carbons (Fsp3) is 0.571. The van der Waals surface area contributed by atoms with Crippen LogP contribution in [0.3, 0.4) is 0 Å². The summed E-state index contributed by atoms with van der Waals surface area (Å²) < 4.78 is 0. The van der Waals surface area contributed by atoms with Crippen molar-refractivity contribution in [2.45, 2.75) is 75.7 Å². The molecule has 36 heavy (non-hydrogen) atoms. The van der Waals surface area contributed by atoms with Gasteiger partial charge in [0.1, 0.15) is 11.6 Å². The molecule has 8 nitrogen and oxygen atoms in total. The summed E-state index contributed by atoms with van der Waals surface area (Å²) in [5.74, 6) is 1.19. The van der Waals surface area contributed by atoms with Gasteiger partial charge in [0.05, 0.1) is 6.54 Å². The molecule has 0 saturated heterocycles. The molecule has 0 aliphatic heterocycles. The monoisotopic (exact) mass is 504 g/mol. The Hall–Kier alpha value is -3.00. The molecule has 8 heteroatoms. The van der Waals surface area contributed by atoms with Crippen LogP contribution >= 0.6 is 0 Å². The third kappa shape index (κ3) is 18.3. The molecule has 0 bridgehead atoms. The standard InChI is InChI=1S/C22H34N6O2.3C2H6/c1-6-10-11-18(8-3)22-26-19(24-13-12-23-17(5)29)15-20(27-22)25-21(30)16-28(9-4)14-7-2;3*1-2/h6,8,10-11,15H,3,7,9,12-14,16H2,1-2,4-5H3,(H,23,29)(H2,24,25,26,27,30);3*1-2H3/b10-6-,18-11+;;;. The van der Waals surface area contributed by atoms with Crippen LogP contribution in [-0.2, 0) is 9.59 Å². The average Bonchev–Trinajstić information content (AvgIpc) is 2.90. The molecule has 1 aromatic rings. The molecule has 3 N–H and O–H groups in total. The maximum absolute atomic E-state index is 12.5. The van der Waals surface area contributed by atoms with Crippen molar-refractivity contribution in [1.29, 1.82) is 0 Å². The lowest BCUT2D eigenvalue weighted by Crippen LogP contribution is -2.34. The van der Waals surface area contributed by atoms with E-state index in [2.05, 4.69) is 44.3 Å². The highest BCUT2D eigenvalue weighted by molar-refractivity contribution is 5.92. The van der Waals surface area contributed by atoms with Gasteiger partial charge in [0.2, 0.25) is 11.8 Å². The van der Waals surface area contributed by atoms with Gasteiger partial charge in [0.25, 0.3) is 0 Å². The van der Waals surface area contributed by atoms with Crippen LogP contribution in [-0.4, -0.2) is 59.4 Å². The van der Waals surface area contributed by atoms with E-state index in [4.69, 9.17) is 0 Å². The van der Waals surface area contributed by atoms with Crippen molar-refractivity contribution in [3.8, 4) is 0 Å². The van der Waals surface area contributed by atoms with E-state index in [9.17, 15) is 9.59 Å². The van der Waals surface area contributed by atoms with Crippen LogP contribution < -0.4 is 16.0 Å². The quantitative estimate of drug-likeness (QED) is 0.228. The Balaban J connectivity index is -0.00000168. The first-order chi connectivity index (χ1) is 17.4. The molecule has 0 aliphatic rings. The molecule has 1 heterocycles. The summed E-state index contributed by atoms with van der Waals surface area (Å²) >= 11 is 0. The Morgan fingerprint density at radius 1 is 1.03 bits per heavy atom. The van der Waals surface area contributed by atoms with E-state index >= 15 is 0 Å². The number of carbonyl (C=O) groups is 2. The van der Waals surface area contributed by atoms with Gasteiger partial charge in [0, 0.05) is 31.7 Å². The smallest absolute Gasteiger partial charge is 0.239 e. The lowest BCUT2D eigenvalue weighted by molar-refractivity contribution is -0.119. The number of nitrogens with zero attached hydrogens (tertiary/aromatic N) is 3. The van der Waals surface area contributed by atoms with Crippen LogP contribution in [0.15, 0.2) is 36.9 Å². The molecule has 206 valence electrons. The summed E-state index contributed by atoms with van der Waals surface area (Å²) in [5.41, 5.74) is 0.732. The molecule has 0 atom stereocenters. The molecule has 0 unspecified atom stereocenters. The van der Waals surface area contributed by atoms with Crippen LogP contribution in [0.1, 0.15) is 81.5 Å². The Kier molecular flexibility index (Phi) is 27.7. The molecule has 1 aromatic heterocycles. The van der Waals surface area contributed by atoms with Gasteiger partial charge < -0.3 is 16.0 Å². The van der Waals surface area contributed by atoms with Gasteiger partial charge >= 0.3 is 0 Å². The first kappa shape index (κ1) is 37.5. The zero-order chi connectivity index (χ0) is 28.4. The minimum atomic E-state index is -0.128. The topological polar surface area (TPSA) is 99.2 Å². The number of amides is 2. The lowest BCUT2D eigenvalue weighted by atomic mass is 10.2. The van der Waals surface area contributed by atoms with Gasteiger partial charge in [-0.3, -0.25) is 14.5 Å². The zero-order valence-electron chi connectivity index (χ0n) is 24.5. The highest BCUT2D eigenvalue weighted by Crippen LogP contribution is 2.18. The molecule has 0 saturated carbocycles. The van der Waals surface area contributed by atoms with Crippen molar-refractivity contribution in [3.63, 3.8) is 0 Å². The Morgan fingerprint density at radius 3 is 2.14 bits per heavy atom. The third-order valence-electron chi connectivity index (χ3n) is 4.10. The van der Waals surface area contributed by atoms with E-state index in [-0.39, 0.29) is 11.8 Å². The number of anilines is 2. The molecular weight excluding hydrogens is 452 g/mol. The summed E-state index contributed by atoms with van der Waals surface area (Å²) in [6.45, 7) is 26.3. The van der Waals surface area contributed by atoms with Crippen molar-refractivity contribution in [2.24, 2.45) is 0 Å². The number of aromatic nitrogens is 2. The third-order valence-corrected chi connectivity index (χ3v) is 4.10. The van der Waals surface area contributed by atoms with E-state index in [1.54, 1.807) is 12.1 Å². The van der Waals surface area contributed by atoms with E-state index in [0.29, 0.717) is 37.1 Å². The van der Waals surface area contributed by atoms with Crippen molar-refractivity contribution >= 4 is 29.0 Å². The van der Waals surface area contributed by atoms with E-state index < -0.39 is 0 Å². The minimum Gasteiger partial charge on any atom is -0.368 e.